The van der Waals surface area contributed by atoms with Gasteiger partial charge in [-0.25, -0.2) is 4.98 Å². The van der Waals surface area contributed by atoms with Gasteiger partial charge in [0, 0.05) is 18.3 Å². The summed E-state index contributed by atoms with van der Waals surface area (Å²) in [7, 11) is 0. The Labute approximate surface area is 120 Å². The lowest BCUT2D eigenvalue weighted by molar-refractivity contribution is -0.117. The van der Waals surface area contributed by atoms with Gasteiger partial charge in [0.25, 0.3) is 5.91 Å². The number of rotatable bonds is 3. The number of para-hydroxylation sites is 2. The number of carbonyl (C=O) groups is 2. The normalized spacial score (nSPS) is 14.6. The molecule has 1 aromatic carbocycles. The molecule has 0 radical (unpaired) electrons. The minimum Gasteiger partial charge on any atom is -0.319 e. The zero-order valence-electron chi connectivity index (χ0n) is 10.7. The maximum absolute atomic E-state index is 12.1. The molecular weight excluding hydrogens is 274 g/mol. The molecule has 1 fully saturated rings. The van der Waals surface area contributed by atoms with E-state index in [9.17, 15) is 9.59 Å². The standard InChI is InChI=1S/C14H13N3O2S/c18-13-6-3-7-17(13)12-5-2-1-4-10(12)16-14(19)11-8-20-9-15-11/h1-2,4-5,8-9H,3,6-7H2,(H,16,19). The largest absolute Gasteiger partial charge is 0.319 e. The number of aromatic nitrogens is 1. The SMILES string of the molecule is O=C(Nc1ccccc1N1CCCC1=O)c1cscn1. The first-order valence-electron chi connectivity index (χ1n) is 6.34. The third-order valence-corrected chi connectivity index (χ3v) is 3.77. The first-order chi connectivity index (χ1) is 9.75. The van der Waals surface area contributed by atoms with Crippen molar-refractivity contribution in [2.24, 2.45) is 0 Å². The van der Waals surface area contributed by atoms with Crippen LogP contribution < -0.4 is 10.2 Å². The van der Waals surface area contributed by atoms with E-state index in [4.69, 9.17) is 0 Å². The van der Waals surface area contributed by atoms with Crippen LogP contribution in [0.2, 0.25) is 0 Å². The molecule has 1 aliphatic heterocycles. The van der Waals surface area contributed by atoms with E-state index >= 15 is 0 Å². The zero-order valence-corrected chi connectivity index (χ0v) is 11.5. The highest BCUT2D eigenvalue weighted by molar-refractivity contribution is 7.07. The predicted octanol–water partition coefficient (Wildman–Crippen LogP) is 2.52. The fourth-order valence-corrected chi connectivity index (χ4v) is 2.76. The molecule has 0 bridgehead atoms. The highest BCUT2D eigenvalue weighted by Crippen LogP contribution is 2.29. The van der Waals surface area contributed by atoms with Crippen LogP contribution in [0.3, 0.4) is 0 Å². The van der Waals surface area contributed by atoms with Crippen molar-refractivity contribution in [3.8, 4) is 0 Å². The van der Waals surface area contributed by atoms with Gasteiger partial charge in [0.1, 0.15) is 5.69 Å². The molecule has 0 aliphatic carbocycles. The van der Waals surface area contributed by atoms with Gasteiger partial charge >= 0.3 is 0 Å². The van der Waals surface area contributed by atoms with Gasteiger partial charge in [-0.2, -0.15) is 0 Å². The Balaban J connectivity index is 1.86. The van der Waals surface area contributed by atoms with Crippen LogP contribution in [0, 0.1) is 0 Å². The molecule has 1 aromatic heterocycles. The van der Waals surface area contributed by atoms with Crippen molar-refractivity contribution >= 4 is 34.5 Å². The molecule has 2 aromatic rings. The van der Waals surface area contributed by atoms with Crippen molar-refractivity contribution in [1.29, 1.82) is 0 Å². The second-order valence-corrected chi connectivity index (χ2v) is 5.21. The summed E-state index contributed by atoms with van der Waals surface area (Å²) in [5.41, 5.74) is 3.39. The van der Waals surface area contributed by atoms with Crippen molar-refractivity contribution < 1.29 is 9.59 Å². The zero-order chi connectivity index (χ0) is 13.9. The lowest BCUT2D eigenvalue weighted by Crippen LogP contribution is -2.25. The lowest BCUT2D eigenvalue weighted by Gasteiger charge is -2.19. The number of nitrogens with one attached hydrogen (secondary N) is 1. The minimum atomic E-state index is -0.259. The molecule has 5 nitrogen and oxygen atoms in total. The summed E-state index contributed by atoms with van der Waals surface area (Å²) in [5.74, 6) is -0.161. The minimum absolute atomic E-state index is 0.0976. The molecule has 102 valence electrons. The Morgan fingerprint density at radius 3 is 2.90 bits per heavy atom. The highest BCUT2D eigenvalue weighted by atomic mass is 32.1. The number of hydrogen-bond acceptors (Lipinski definition) is 4. The van der Waals surface area contributed by atoms with Crippen molar-refractivity contribution in [3.05, 3.63) is 40.8 Å². The van der Waals surface area contributed by atoms with Crippen molar-refractivity contribution in [1.82, 2.24) is 4.98 Å². The van der Waals surface area contributed by atoms with Gasteiger partial charge in [0.15, 0.2) is 0 Å². The van der Waals surface area contributed by atoms with Crippen LogP contribution in [0.5, 0.6) is 0 Å². The van der Waals surface area contributed by atoms with E-state index in [0.29, 0.717) is 24.3 Å². The van der Waals surface area contributed by atoms with Gasteiger partial charge in [-0.1, -0.05) is 12.1 Å². The molecule has 0 atom stereocenters. The summed E-state index contributed by atoms with van der Waals surface area (Å²) >= 11 is 1.37. The number of hydrogen-bond donors (Lipinski definition) is 1. The quantitative estimate of drug-likeness (QED) is 0.943. The number of nitrogens with zero attached hydrogens (tertiary/aromatic N) is 2. The summed E-state index contributed by atoms with van der Waals surface area (Å²) in [4.78, 5) is 29.6. The molecular formula is C14H13N3O2S. The van der Waals surface area contributed by atoms with Gasteiger partial charge < -0.3 is 10.2 Å². The average Bonchev–Trinajstić information content (AvgIpc) is 3.10. The van der Waals surface area contributed by atoms with Crippen molar-refractivity contribution in [2.45, 2.75) is 12.8 Å². The second-order valence-electron chi connectivity index (χ2n) is 4.49. The van der Waals surface area contributed by atoms with Gasteiger partial charge in [0.2, 0.25) is 5.91 Å². The van der Waals surface area contributed by atoms with Crippen LogP contribution in [-0.2, 0) is 4.79 Å². The maximum Gasteiger partial charge on any atom is 0.275 e. The Hall–Kier alpha value is -2.21. The number of benzene rings is 1. The Kier molecular flexibility index (Phi) is 3.47. The fraction of sp³-hybridized carbons (Fsp3) is 0.214. The first kappa shape index (κ1) is 12.8. The molecule has 2 amide bonds. The summed E-state index contributed by atoms with van der Waals surface area (Å²) in [5, 5.41) is 4.52. The van der Waals surface area contributed by atoms with Crippen LogP contribution in [0.15, 0.2) is 35.2 Å². The van der Waals surface area contributed by atoms with Crippen LogP contribution in [0.25, 0.3) is 0 Å². The highest BCUT2D eigenvalue weighted by Gasteiger charge is 2.24. The lowest BCUT2D eigenvalue weighted by atomic mass is 10.2. The molecule has 0 unspecified atom stereocenters. The summed E-state index contributed by atoms with van der Waals surface area (Å²) in [6.45, 7) is 0.697. The molecule has 2 heterocycles. The third-order valence-electron chi connectivity index (χ3n) is 3.18. The van der Waals surface area contributed by atoms with E-state index in [0.717, 1.165) is 12.1 Å². The van der Waals surface area contributed by atoms with E-state index < -0.39 is 0 Å². The summed E-state index contributed by atoms with van der Waals surface area (Å²) in [6, 6.07) is 7.34. The van der Waals surface area contributed by atoms with Crippen molar-refractivity contribution in [2.75, 3.05) is 16.8 Å². The summed E-state index contributed by atoms with van der Waals surface area (Å²) < 4.78 is 0. The number of amides is 2. The number of thiazole rings is 1. The molecule has 0 saturated carbocycles. The Bertz CT molecular complexity index is 640. The smallest absolute Gasteiger partial charge is 0.275 e. The monoisotopic (exact) mass is 287 g/mol. The van der Waals surface area contributed by atoms with Gasteiger partial charge in [-0.15, -0.1) is 11.3 Å². The van der Waals surface area contributed by atoms with E-state index in [1.54, 1.807) is 21.9 Å². The molecule has 20 heavy (non-hydrogen) atoms. The number of anilines is 2. The van der Waals surface area contributed by atoms with Crippen molar-refractivity contribution in [3.63, 3.8) is 0 Å². The van der Waals surface area contributed by atoms with Gasteiger partial charge in [0.05, 0.1) is 16.9 Å². The van der Waals surface area contributed by atoms with Gasteiger partial charge in [-0.3, -0.25) is 9.59 Å². The summed E-state index contributed by atoms with van der Waals surface area (Å²) in [6.07, 6.45) is 1.42. The molecule has 6 heteroatoms. The molecule has 1 aliphatic rings. The van der Waals surface area contributed by atoms with E-state index in [2.05, 4.69) is 10.3 Å². The fourth-order valence-electron chi connectivity index (χ4n) is 2.23. The Morgan fingerprint density at radius 2 is 2.20 bits per heavy atom. The molecule has 1 N–H and O–H groups in total. The second kappa shape index (κ2) is 5.42. The topological polar surface area (TPSA) is 62.3 Å². The number of carbonyl (C=O) groups excluding carboxylic acids is 2. The third kappa shape index (κ3) is 2.42. The molecule has 3 rings (SSSR count). The van der Waals surface area contributed by atoms with E-state index in [1.807, 2.05) is 18.2 Å². The van der Waals surface area contributed by atoms with Crippen LogP contribution in [0.4, 0.5) is 11.4 Å². The first-order valence-corrected chi connectivity index (χ1v) is 7.29. The Morgan fingerprint density at radius 1 is 1.35 bits per heavy atom. The van der Waals surface area contributed by atoms with Crippen LogP contribution in [0.1, 0.15) is 23.3 Å². The predicted molar refractivity (Wildman–Crippen MR) is 78.1 cm³/mol. The van der Waals surface area contributed by atoms with E-state index in [1.165, 1.54) is 11.3 Å². The van der Waals surface area contributed by atoms with Crippen LogP contribution >= 0.6 is 11.3 Å². The molecule has 0 spiro atoms. The maximum atomic E-state index is 12.1. The van der Waals surface area contributed by atoms with E-state index in [-0.39, 0.29) is 11.8 Å². The molecule has 1 saturated heterocycles. The van der Waals surface area contributed by atoms with Gasteiger partial charge in [-0.05, 0) is 18.6 Å². The van der Waals surface area contributed by atoms with Crippen LogP contribution in [-0.4, -0.2) is 23.3 Å². The average molecular weight is 287 g/mol.